The molecule has 202 valence electrons. The van der Waals surface area contributed by atoms with E-state index in [4.69, 9.17) is 0 Å². The molecule has 2 atom stereocenters. The Hall–Kier alpha value is -3.53. The zero-order valence-corrected chi connectivity index (χ0v) is 20.1. The van der Waals surface area contributed by atoms with Crippen LogP contribution in [0.3, 0.4) is 0 Å². The highest BCUT2D eigenvalue weighted by molar-refractivity contribution is 5.74. The Kier molecular flexibility index (Phi) is 7.73. The molecule has 0 saturated carbocycles. The maximum absolute atomic E-state index is 13.3. The molecule has 1 fully saturated rings. The summed E-state index contributed by atoms with van der Waals surface area (Å²) in [6.45, 7) is 0.906. The van der Waals surface area contributed by atoms with Gasteiger partial charge in [-0.1, -0.05) is 84.9 Å². The van der Waals surface area contributed by atoms with E-state index in [1.54, 1.807) is 4.90 Å². The van der Waals surface area contributed by atoms with Gasteiger partial charge < -0.3 is 15.3 Å². The minimum atomic E-state index is -5.95. The highest BCUT2D eigenvalue weighted by Gasteiger charge is 2.71. The minimum absolute atomic E-state index is 0.130. The number of aliphatic hydroxyl groups is 1. The third kappa shape index (κ3) is 5.65. The van der Waals surface area contributed by atoms with Crippen molar-refractivity contribution >= 4 is 6.03 Å². The Morgan fingerprint density at radius 3 is 1.84 bits per heavy atom. The molecule has 3 aromatic carbocycles. The van der Waals surface area contributed by atoms with Crippen LogP contribution in [0.25, 0.3) is 0 Å². The first-order chi connectivity index (χ1) is 17.9. The molecule has 1 aliphatic rings. The van der Waals surface area contributed by atoms with Crippen LogP contribution in [0.5, 0.6) is 0 Å². The molecule has 0 bridgehead atoms. The summed E-state index contributed by atoms with van der Waals surface area (Å²) in [5.74, 6) is -0.466. The van der Waals surface area contributed by atoms with Crippen molar-refractivity contribution in [2.75, 3.05) is 13.1 Å². The molecule has 4 nitrogen and oxygen atoms in total. The summed E-state index contributed by atoms with van der Waals surface area (Å²) in [7, 11) is 0. The third-order valence-corrected chi connectivity index (χ3v) is 6.93. The second-order valence-corrected chi connectivity index (χ2v) is 9.43. The topological polar surface area (TPSA) is 52.6 Å². The van der Waals surface area contributed by atoms with Crippen LogP contribution >= 0.6 is 0 Å². The van der Waals surface area contributed by atoms with Gasteiger partial charge in [0.1, 0.15) is 0 Å². The van der Waals surface area contributed by atoms with Crippen LogP contribution in [0.4, 0.5) is 31.1 Å². The first-order valence-corrected chi connectivity index (χ1v) is 12.0. The average molecular weight is 537 g/mol. The highest BCUT2D eigenvalue weighted by Crippen LogP contribution is 2.50. The molecule has 38 heavy (non-hydrogen) atoms. The summed E-state index contributed by atoms with van der Waals surface area (Å²) in [5.41, 5.74) is -3.90. The van der Waals surface area contributed by atoms with Crippen molar-refractivity contribution in [3.05, 3.63) is 107 Å². The van der Waals surface area contributed by atoms with E-state index in [-0.39, 0.29) is 24.4 Å². The maximum atomic E-state index is 13.3. The number of nitrogens with zero attached hydrogens (tertiary/aromatic N) is 1. The first kappa shape index (κ1) is 27.5. The van der Waals surface area contributed by atoms with Crippen LogP contribution in [0, 0.1) is 5.92 Å². The number of carbonyl (C=O) groups excluding carboxylic acids is 1. The molecule has 0 radical (unpaired) electrons. The Bertz CT molecular complexity index is 1200. The summed E-state index contributed by atoms with van der Waals surface area (Å²) in [5, 5.41) is 12.6. The number of carbonyl (C=O) groups is 1. The van der Waals surface area contributed by atoms with Crippen molar-refractivity contribution < 1.29 is 36.2 Å². The van der Waals surface area contributed by atoms with Gasteiger partial charge in [-0.3, -0.25) is 0 Å². The van der Waals surface area contributed by atoms with Crippen molar-refractivity contribution in [2.45, 2.75) is 36.8 Å². The van der Waals surface area contributed by atoms with Crippen LogP contribution in [-0.2, 0) is 18.6 Å². The Morgan fingerprint density at radius 2 is 1.32 bits per heavy atom. The molecule has 0 unspecified atom stereocenters. The number of likely N-dealkylation sites (tertiary alicyclic amines) is 1. The standard InChI is InChI=1S/C28H26F6N2O2/c29-27(30,31)26(38,28(32,33)34)23-13-11-21(12-14-23)24-18-36(17-22(24)15-19-7-3-1-4-8-19)25(37)35-16-20-9-5-2-6-10-20/h1-14,22,24,38H,15-18H2,(H,35,37)/t22-,24+/m1/s1. The molecular weight excluding hydrogens is 510 g/mol. The van der Waals surface area contributed by atoms with E-state index in [2.05, 4.69) is 5.32 Å². The van der Waals surface area contributed by atoms with E-state index in [0.29, 0.717) is 37.2 Å². The van der Waals surface area contributed by atoms with E-state index in [1.165, 1.54) is 12.1 Å². The van der Waals surface area contributed by atoms with E-state index < -0.39 is 23.5 Å². The van der Waals surface area contributed by atoms with Crippen LogP contribution in [-0.4, -0.2) is 41.5 Å². The highest BCUT2D eigenvalue weighted by atomic mass is 19.4. The zero-order valence-electron chi connectivity index (χ0n) is 20.1. The number of urea groups is 1. The summed E-state index contributed by atoms with van der Waals surface area (Å²) in [6, 6.07) is 22.1. The van der Waals surface area contributed by atoms with Gasteiger partial charge in [0, 0.05) is 31.1 Å². The molecule has 3 aromatic rings. The summed E-state index contributed by atoms with van der Waals surface area (Å²) in [4.78, 5) is 14.5. The number of amides is 2. The molecule has 1 saturated heterocycles. The minimum Gasteiger partial charge on any atom is -0.369 e. The molecule has 0 spiro atoms. The average Bonchev–Trinajstić information content (AvgIpc) is 3.30. The van der Waals surface area contributed by atoms with Crippen molar-refractivity contribution in [1.82, 2.24) is 10.2 Å². The monoisotopic (exact) mass is 536 g/mol. The van der Waals surface area contributed by atoms with Gasteiger partial charge in [0.2, 0.25) is 0 Å². The van der Waals surface area contributed by atoms with Gasteiger partial charge in [-0.2, -0.15) is 26.3 Å². The van der Waals surface area contributed by atoms with Crippen molar-refractivity contribution in [3.8, 4) is 0 Å². The van der Waals surface area contributed by atoms with E-state index in [1.807, 2.05) is 60.7 Å². The van der Waals surface area contributed by atoms with Crippen molar-refractivity contribution in [2.24, 2.45) is 5.92 Å². The number of hydrogen-bond donors (Lipinski definition) is 2. The molecule has 10 heteroatoms. The third-order valence-electron chi connectivity index (χ3n) is 6.93. The molecule has 0 aromatic heterocycles. The fourth-order valence-electron chi connectivity index (χ4n) is 4.88. The quantitative estimate of drug-likeness (QED) is 0.371. The first-order valence-electron chi connectivity index (χ1n) is 12.0. The van der Waals surface area contributed by atoms with Crippen LogP contribution < -0.4 is 5.32 Å². The predicted octanol–water partition coefficient (Wildman–Crippen LogP) is 6.17. The molecule has 2 N–H and O–H groups in total. The predicted molar refractivity (Wildman–Crippen MR) is 129 cm³/mol. The number of nitrogens with one attached hydrogen (secondary N) is 1. The van der Waals surface area contributed by atoms with Crippen molar-refractivity contribution in [3.63, 3.8) is 0 Å². The maximum Gasteiger partial charge on any atom is 0.430 e. The second-order valence-electron chi connectivity index (χ2n) is 9.43. The largest absolute Gasteiger partial charge is 0.430 e. The van der Waals surface area contributed by atoms with Gasteiger partial charge in [-0.15, -0.1) is 0 Å². The Labute approximate surface area is 215 Å². The van der Waals surface area contributed by atoms with Gasteiger partial charge >= 0.3 is 18.4 Å². The normalized spacial score (nSPS) is 18.4. The lowest BCUT2D eigenvalue weighted by molar-refractivity contribution is -0.376. The smallest absolute Gasteiger partial charge is 0.369 e. The molecule has 1 aliphatic heterocycles. The zero-order chi connectivity index (χ0) is 27.6. The van der Waals surface area contributed by atoms with Gasteiger partial charge in [-0.05, 0) is 29.0 Å². The van der Waals surface area contributed by atoms with Crippen LogP contribution in [0.2, 0.25) is 0 Å². The number of alkyl halides is 6. The van der Waals surface area contributed by atoms with Gasteiger partial charge in [0.05, 0.1) is 0 Å². The lowest BCUT2D eigenvalue weighted by Crippen LogP contribution is -2.53. The van der Waals surface area contributed by atoms with Gasteiger partial charge in [-0.25, -0.2) is 4.79 Å². The van der Waals surface area contributed by atoms with Crippen LogP contribution in [0.15, 0.2) is 84.9 Å². The number of halogens is 6. The van der Waals surface area contributed by atoms with E-state index in [0.717, 1.165) is 11.1 Å². The molecule has 1 heterocycles. The summed E-state index contributed by atoms with van der Waals surface area (Å²) in [6.07, 6.45) is -11.3. The van der Waals surface area contributed by atoms with Gasteiger partial charge in [0.25, 0.3) is 5.60 Å². The Balaban J connectivity index is 1.57. The summed E-state index contributed by atoms with van der Waals surface area (Å²) >= 11 is 0. The Morgan fingerprint density at radius 1 is 0.789 bits per heavy atom. The van der Waals surface area contributed by atoms with Gasteiger partial charge in [0.15, 0.2) is 0 Å². The molecule has 0 aliphatic carbocycles. The fourth-order valence-corrected chi connectivity index (χ4v) is 4.88. The molecular formula is C28H26F6N2O2. The SMILES string of the molecule is O=C(NCc1ccccc1)N1C[C@@H](Cc2ccccc2)[C@H](c2ccc(C(O)(C(F)(F)F)C(F)(F)F)cc2)C1. The lowest BCUT2D eigenvalue weighted by Gasteiger charge is -2.33. The summed E-state index contributed by atoms with van der Waals surface area (Å²) < 4.78 is 79.8. The van der Waals surface area contributed by atoms with Crippen LogP contribution in [0.1, 0.15) is 28.2 Å². The number of rotatable bonds is 6. The lowest BCUT2D eigenvalue weighted by atomic mass is 9.83. The molecule has 2 amide bonds. The fraction of sp³-hybridized carbons (Fsp3) is 0.321. The number of benzene rings is 3. The van der Waals surface area contributed by atoms with E-state index >= 15 is 0 Å². The van der Waals surface area contributed by atoms with Crippen molar-refractivity contribution in [1.29, 1.82) is 0 Å². The number of hydrogen-bond acceptors (Lipinski definition) is 2. The second kappa shape index (κ2) is 10.7. The van der Waals surface area contributed by atoms with E-state index in [9.17, 15) is 36.2 Å². The molecule has 4 rings (SSSR count).